The summed E-state index contributed by atoms with van der Waals surface area (Å²) in [5.41, 5.74) is 0.380. The maximum atomic E-state index is 8.95. The fraction of sp³-hybridized carbons (Fsp3) is 0.643. The third kappa shape index (κ3) is 3.90. The van der Waals surface area contributed by atoms with Crippen molar-refractivity contribution in [3.8, 4) is 6.07 Å². The van der Waals surface area contributed by atoms with Gasteiger partial charge in [0, 0.05) is 18.9 Å². The molecule has 2 rings (SSSR count). The average molecular weight is 259 g/mol. The molecule has 1 saturated heterocycles. The number of hydrogen-bond donors (Lipinski definition) is 1. The molecule has 0 spiro atoms. The topological polar surface area (TPSA) is 64.8 Å². The molecule has 0 atom stereocenters. The minimum Gasteiger partial charge on any atom is -0.367 e. The van der Waals surface area contributed by atoms with Crippen LogP contribution in [0, 0.1) is 17.2 Å². The zero-order chi connectivity index (χ0) is 13.5. The van der Waals surface area contributed by atoms with Crippen molar-refractivity contribution < 1.29 is 0 Å². The van der Waals surface area contributed by atoms with Gasteiger partial charge >= 0.3 is 0 Å². The summed E-state index contributed by atoms with van der Waals surface area (Å²) >= 11 is 0. The molecule has 5 heteroatoms. The SMILES string of the molecule is CCCN1CCC(CNc2nccnc2C#N)CC1. The van der Waals surface area contributed by atoms with Crippen molar-refractivity contribution in [3.05, 3.63) is 18.1 Å². The van der Waals surface area contributed by atoms with Crippen LogP contribution in [-0.2, 0) is 0 Å². The zero-order valence-corrected chi connectivity index (χ0v) is 11.5. The van der Waals surface area contributed by atoms with E-state index in [0.29, 0.717) is 17.4 Å². The molecular weight excluding hydrogens is 238 g/mol. The Labute approximate surface area is 114 Å². The summed E-state index contributed by atoms with van der Waals surface area (Å²) in [7, 11) is 0. The van der Waals surface area contributed by atoms with E-state index in [4.69, 9.17) is 5.26 Å². The smallest absolute Gasteiger partial charge is 0.182 e. The highest BCUT2D eigenvalue weighted by Crippen LogP contribution is 2.18. The first-order chi connectivity index (χ1) is 9.33. The Kier molecular flexibility index (Phi) is 5.10. The number of likely N-dealkylation sites (tertiary alicyclic amines) is 1. The second-order valence-electron chi connectivity index (χ2n) is 5.03. The van der Waals surface area contributed by atoms with Gasteiger partial charge in [-0.05, 0) is 44.8 Å². The van der Waals surface area contributed by atoms with Crippen LogP contribution in [0.3, 0.4) is 0 Å². The van der Waals surface area contributed by atoms with Crippen molar-refractivity contribution in [1.82, 2.24) is 14.9 Å². The Morgan fingerprint density at radius 3 is 2.79 bits per heavy atom. The summed E-state index contributed by atoms with van der Waals surface area (Å²) in [5.74, 6) is 1.28. The van der Waals surface area contributed by atoms with E-state index in [1.165, 1.54) is 38.9 Å². The Hall–Kier alpha value is -1.67. The molecular formula is C14H21N5. The second kappa shape index (κ2) is 7.05. The van der Waals surface area contributed by atoms with Gasteiger partial charge in [-0.3, -0.25) is 0 Å². The van der Waals surface area contributed by atoms with Crippen molar-refractivity contribution in [2.24, 2.45) is 5.92 Å². The van der Waals surface area contributed by atoms with Crippen LogP contribution in [0.15, 0.2) is 12.4 Å². The normalized spacial score (nSPS) is 17.1. The van der Waals surface area contributed by atoms with E-state index in [1.54, 1.807) is 12.4 Å². The Bertz CT molecular complexity index is 432. The number of hydrogen-bond acceptors (Lipinski definition) is 5. The van der Waals surface area contributed by atoms with Crippen LogP contribution in [0.2, 0.25) is 0 Å². The predicted molar refractivity (Wildman–Crippen MR) is 74.7 cm³/mol. The highest BCUT2D eigenvalue weighted by Gasteiger charge is 2.18. The third-order valence-electron chi connectivity index (χ3n) is 3.61. The molecule has 1 aromatic rings. The molecule has 0 aromatic carbocycles. The first-order valence-corrected chi connectivity index (χ1v) is 7.00. The molecule has 102 valence electrons. The van der Waals surface area contributed by atoms with Gasteiger partial charge in [0.25, 0.3) is 0 Å². The van der Waals surface area contributed by atoms with Gasteiger partial charge < -0.3 is 10.2 Å². The van der Waals surface area contributed by atoms with Gasteiger partial charge in [0.15, 0.2) is 11.5 Å². The summed E-state index contributed by atoms with van der Waals surface area (Å²) in [6, 6.07) is 2.06. The first kappa shape index (κ1) is 13.8. The number of piperidine rings is 1. The largest absolute Gasteiger partial charge is 0.367 e. The van der Waals surface area contributed by atoms with E-state index in [2.05, 4.69) is 33.2 Å². The molecule has 0 bridgehead atoms. The maximum absolute atomic E-state index is 8.95. The van der Waals surface area contributed by atoms with Crippen LogP contribution in [0.25, 0.3) is 0 Å². The lowest BCUT2D eigenvalue weighted by Crippen LogP contribution is -2.36. The third-order valence-corrected chi connectivity index (χ3v) is 3.61. The van der Waals surface area contributed by atoms with Gasteiger partial charge in [0.1, 0.15) is 6.07 Å². The van der Waals surface area contributed by atoms with Crippen LogP contribution in [0.4, 0.5) is 5.82 Å². The lowest BCUT2D eigenvalue weighted by Gasteiger charge is -2.31. The molecule has 2 heterocycles. The summed E-state index contributed by atoms with van der Waals surface area (Å²) in [4.78, 5) is 10.7. The fourth-order valence-corrected chi connectivity index (χ4v) is 2.52. The zero-order valence-electron chi connectivity index (χ0n) is 11.5. The number of nitrogens with zero attached hydrogens (tertiary/aromatic N) is 4. The van der Waals surface area contributed by atoms with Crippen LogP contribution in [-0.4, -0.2) is 41.0 Å². The van der Waals surface area contributed by atoms with Gasteiger partial charge in [-0.25, -0.2) is 9.97 Å². The number of rotatable bonds is 5. The highest BCUT2D eigenvalue weighted by molar-refractivity contribution is 5.46. The van der Waals surface area contributed by atoms with Crippen LogP contribution in [0.5, 0.6) is 0 Å². The summed E-state index contributed by atoms with van der Waals surface area (Å²) in [6.45, 7) is 6.69. The minimum absolute atomic E-state index is 0.380. The molecule has 1 N–H and O–H groups in total. The number of aromatic nitrogens is 2. The Morgan fingerprint density at radius 1 is 1.37 bits per heavy atom. The monoisotopic (exact) mass is 259 g/mol. The van der Waals surface area contributed by atoms with Gasteiger partial charge in [0.2, 0.25) is 0 Å². The lowest BCUT2D eigenvalue weighted by atomic mass is 9.96. The summed E-state index contributed by atoms with van der Waals surface area (Å²) in [6.07, 6.45) is 6.83. The second-order valence-corrected chi connectivity index (χ2v) is 5.03. The van der Waals surface area contributed by atoms with Crippen molar-refractivity contribution in [3.63, 3.8) is 0 Å². The molecule has 0 unspecified atom stereocenters. The van der Waals surface area contributed by atoms with Crippen LogP contribution >= 0.6 is 0 Å². The van der Waals surface area contributed by atoms with E-state index < -0.39 is 0 Å². The number of anilines is 1. The molecule has 0 saturated carbocycles. The van der Waals surface area contributed by atoms with Gasteiger partial charge in [-0.15, -0.1) is 0 Å². The Morgan fingerprint density at radius 2 is 2.11 bits per heavy atom. The standard InChI is InChI=1S/C14H21N5/c1-2-7-19-8-3-12(4-9-19)11-18-14-13(10-15)16-5-6-17-14/h5-6,12H,2-4,7-9,11H2,1H3,(H,17,18). The molecule has 0 radical (unpaired) electrons. The number of nitrogens with one attached hydrogen (secondary N) is 1. The first-order valence-electron chi connectivity index (χ1n) is 7.00. The molecule has 1 fully saturated rings. The van der Waals surface area contributed by atoms with Crippen LogP contribution in [0.1, 0.15) is 31.9 Å². The molecule has 1 aromatic heterocycles. The number of nitriles is 1. The molecule has 5 nitrogen and oxygen atoms in total. The average Bonchev–Trinajstić information content (AvgIpc) is 2.47. The van der Waals surface area contributed by atoms with Crippen LogP contribution < -0.4 is 5.32 Å². The van der Waals surface area contributed by atoms with E-state index in [9.17, 15) is 0 Å². The molecule has 19 heavy (non-hydrogen) atoms. The lowest BCUT2D eigenvalue weighted by molar-refractivity contribution is 0.190. The minimum atomic E-state index is 0.380. The predicted octanol–water partition coefficient (Wildman–Crippen LogP) is 1.88. The molecule has 1 aliphatic heterocycles. The maximum Gasteiger partial charge on any atom is 0.182 e. The summed E-state index contributed by atoms with van der Waals surface area (Å²) in [5, 5.41) is 12.2. The van der Waals surface area contributed by atoms with Gasteiger partial charge in [-0.2, -0.15) is 5.26 Å². The van der Waals surface area contributed by atoms with Crippen molar-refractivity contribution in [1.29, 1.82) is 5.26 Å². The molecule has 0 aliphatic carbocycles. The van der Waals surface area contributed by atoms with Gasteiger partial charge in [0.05, 0.1) is 0 Å². The Balaban J connectivity index is 1.79. The van der Waals surface area contributed by atoms with E-state index in [1.807, 2.05) is 0 Å². The van der Waals surface area contributed by atoms with E-state index >= 15 is 0 Å². The van der Waals surface area contributed by atoms with Gasteiger partial charge in [-0.1, -0.05) is 6.92 Å². The van der Waals surface area contributed by atoms with Crippen molar-refractivity contribution >= 4 is 5.82 Å². The quantitative estimate of drug-likeness (QED) is 0.874. The van der Waals surface area contributed by atoms with E-state index in [-0.39, 0.29) is 0 Å². The van der Waals surface area contributed by atoms with Crippen molar-refractivity contribution in [2.45, 2.75) is 26.2 Å². The fourth-order valence-electron chi connectivity index (χ4n) is 2.52. The molecule has 1 aliphatic rings. The summed E-state index contributed by atoms with van der Waals surface area (Å²) < 4.78 is 0. The highest BCUT2D eigenvalue weighted by atomic mass is 15.1. The van der Waals surface area contributed by atoms with Crippen molar-refractivity contribution in [2.75, 3.05) is 31.5 Å². The molecule has 0 amide bonds. The van der Waals surface area contributed by atoms with E-state index in [0.717, 1.165) is 6.54 Å².